The summed E-state index contributed by atoms with van der Waals surface area (Å²) in [6, 6.07) is 0. The minimum atomic E-state index is -0.747. The third-order valence-corrected chi connectivity index (χ3v) is 3.15. The molecule has 0 aliphatic carbocycles. The molecule has 3 rings (SSSR count). The van der Waals surface area contributed by atoms with Crippen molar-refractivity contribution in [3.63, 3.8) is 0 Å². The topological polar surface area (TPSA) is 27.7 Å². The molecular weight excluding hydrogens is 192 g/mol. The smallest absolute Gasteiger partial charge is 0.379 e. The standard InChI is InChI=1S/C12H20O3/c1-4-5-6-7-10(3)12-13-8-9(2)11(14-12)15-12/h10H,4-8H2,1-3H3. The summed E-state index contributed by atoms with van der Waals surface area (Å²) in [5.74, 6) is 0.243. The Balaban J connectivity index is 1.85. The lowest BCUT2D eigenvalue weighted by Gasteiger charge is -2.49. The molecule has 1 fully saturated rings. The molecule has 1 unspecified atom stereocenters. The second-order valence-corrected chi connectivity index (χ2v) is 4.56. The van der Waals surface area contributed by atoms with Gasteiger partial charge >= 0.3 is 5.97 Å². The SMILES string of the molecule is CCCCCC(C)C12OCC(C)=C(O1)O2. The molecule has 3 heteroatoms. The predicted molar refractivity (Wildman–Crippen MR) is 56.9 cm³/mol. The molecular formula is C12H20O3. The van der Waals surface area contributed by atoms with Crippen LogP contribution in [0.15, 0.2) is 11.5 Å². The lowest BCUT2D eigenvalue weighted by atomic mass is 9.99. The molecule has 0 spiro atoms. The zero-order chi connectivity index (χ0) is 10.9. The summed E-state index contributed by atoms with van der Waals surface area (Å²) < 4.78 is 16.8. The number of ether oxygens (including phenoxy) is 3. The van der Waals surface area contributed by atoms with Gasteiger partial charge in [0, 0.05) is 5.57 Å². The molecule has 0 aromatic carbocycles. The average molecular weight is 212 g/mol. The Bertz CT molecular complexity index is 262. The van der Waals surface area contributed by atoms with E-state index in [2.05, 4.69) is 13.8 Å². The molecule has 86 valence electrons. The first-order valence-electron chi connectivity index (χ1n) is 5.89. The Labute approximate surface area is 91.4 Å². The van der Waals surface area contributed by atoms with Gasteiger partial charge in [-0.2, -0.15) is 0 Å². The van der Waals surface area contributed by atoms with Gasteiger partial charge in [-0.1, -0.05) is 33.1 Å². The van der Waals surface area contributed by atoms with Crippen LogP contribution in [0.1, 0.15) is 46.5 Å². The number of hydrogen-bond donors (Lipinski definition) is 0. The van der Waals surface area contributed by atoms with Gasteiger partial charge in [-0.15, -0.1) is 0 Å². The largest absolute Gasteiger partial charge is 0.397 e. The van der Waals surface area contributed by atoms with Crippen molar-refractivity contribution in [2.24, 2.45) is 5.92 Å². The summed E-state index contributed by atoms with van der Waals surface area (Å²) in [4.78, 5) is 0. The first-order valence-corrected chi connectivity index (χ1v) is 5.89. The van der Waals surface area contributed by atoms with Crippen LogP contribution in [0.2, 0.25) is 0 Å². The maximum absolute atomic E-state index is 5.63. The average Bonchev–Trinajstić information content (AvgIpc) is 2.17. The zero-order valence-corrected chi connectivity index (χ0v) is 9.84. The lowest BCUT2D eigenvalue weighted by molar-refractivity contribution is -0.485. The molecule has 3 aliphatic rings. The molecule has 0 saturated carbocycles. The predicted octanol–water partition coefficient (Wildman–Crippen LogP) is 3.17. The third kappa shape index (κ3) is 1.85. The van der Waals surface area contributed by atoms with Crippen LogP contribution in [-0.2, 0) is 14.2 Å². The van der Waals surface area contributed by atoms with E-state index in [1.165, 1.54) is 19.3 Å². The van der Waals surface area contributed by atoms with Gasteiger partial charge in [0.05, 0.1) is 12.5 Å². The molecule has 1 atom stereocenters. The van der Waals surface area contributed by atoms with Crippen molar-refractivity contribution in [1.29, 1.82) is 0 Å². The molecule has 0 radical (unpaired) electrons. The summed E-state index contributed by atoms with van der Waals surface area (Å²) >= 11 is 0. The molecule has 15 heavy (non-hydrogen) atoms. The minimum Gasteiger partial charge on any atom is -0.397 e. The highest BCUT2D eigenvalue weighted by Crippen LogP contribution is 2.46. The molecule has 0 aromatic heterocycles. The van der Waals surface area contributed by atoms with Gasteiger partial charge in [-0.05, 0) is 13.3 Å². The van der Waals surface area contributed by atoms with Crippen molar-refractivity contribution in [3.8, 4) is 0 Å². The molecule has 2 bridgehead atoms. The van der Waals surface area contributed by atoms with E-state index in [4.69, 9.17) is 14.2 Å². The highest BCUT2D eigenvalue weighted by molar-refractivity contribution is 5.10. The van der Waals surface area contributed by atoms with E-state index in [0.717, 1.165) is 12.0 Å². The van der Waals surface area contributed by atoms with Crippen LogP contribution in [-0.4, -0.2) is 12.6 Å². The van der Waals surface area contributed by atoms with Crippen LogP contribution in [0.3, 0.4) is 0 Å². The van der Waals surface area contributed by atoms with Crippen molar-refractivity contribution in [1.82, 2.24) is 0 Å². The molecule has 0 N–H and O–H groups in total. The summed E-state index contributed by atoms with van der Waals surface area (Å²) in [5, 5.41) is 0. The Hall–Kier alpha value is -0.700. The maximum Gasteiger partial charge on any atom is 0.379 e. The Morgan fingerprint density at radius 3 is 2.60 bits per heavy atom. The van der Waals surface area contributed by atoms with E-state index in [9.17, 15) is 0 Å². The highest BCUT2D eigenvalue weighted by atomic mass is 17.0. The van der Waals surface area contributed by atoms with E-state index in [1.54, 1.807) is 0 Å². The normalized spacial score (nSPS) is 23.9. The first kappa shape index (κ1) is 10.8. The minimum absolute atomic E-state index is 0.306. The second-order valence-electron chi connectivity index (χ2n) is 4.56. The van der Waals surface area contributed by atoms with Crippen LogP contribution in [0.5, 0.6) is 0 Å². The summed E-state index contributed by atoms with van der Waals surface area (Å²) in [6.45, 7) is 6.96. The van der Waals surface area contributed by atoms with Gasteiger partial charge < -0.3 is 14.2 Å². The van der Waals surface area contributed by atoms with Crippen molar-refractivity contribution in [2.75, 3.05) is 6.61 Å². The van der Waals surface area contributed by atoms with E-state index in [0.29, 0.717) is 18.5 Å². The monoisotopic (exact) mass is 212 g/mol. The molecule has 1 saturated heterocycles. The number of unbranched alkanes of at least 4 members (excludes halogenated alkanes) is 2. The summed E-state index contributed by atoms with van der Waals surface area (Å²) in [7, 11) is 0. The molecule has 3 heterocycles. The van der Waals surface area contributed by atoms with Crippen LogP contribution >= 0.6 is 0 Å². The van der Waals surface area contributed by atoms with E-state index >= 15 is 0 Å². The van der Waals surface area contributed by atoms with Gasteiger partial charge in [0.25, 0.3) is 5.95 Å². The van der Waals surface area contributed by atoms with Crippen LogP contribution < -0.4 is 0 Å². The van der Waals surface area contributed by atoms with Gasteiger partial charge in [-0.25, -0.2) is 0 Å². The summed E-state index contributed by atoms with van der Waals surface area (Å²) in [5.41, 5.74) is 1.05. The van der Waals surface area contributed by atoms with Crippen LogP contribution in [0.4, 0.5) is 0 Å². The summed E-state index contributed by atoms with van der Waals surface area (Å²) in [6.07, 6.45) is 4.82. The first-order chi connectivity index (χ1) is 7.18. The van der Waals surface area contributed by atoms with Crippen LogP contribution in [0.25, 0.3) is 0 Å². The van der Waals surface area contributed by atoms with Crippen molar-refractivity contribution in [3.05, 3.63) is 11.5 Å². The van der Waals surface area contributed by atoms with E-state index in [1.807, 2.05) is 6.92 Å². The fourth-order valence-corrected chi connectivity index (χ4v) is 1.99. The quantitative estimate of drug-likeness (QED) is 0.655. The van der Waals surface area contributed by atoms with Crippen molar-refractivity contribution >= 4 is 0 Å². The fourth-order valence-electron chi connectivity index (χ4n) is 1.99. The van der Waals surface area contributed by atoms with Crippen molar-refractivity contribution in [2.45, 2.75) is 52.4 Å². The maximum atomic E-state index is 5.63. The fraction of sp³-hybridized carbons (Fsp3) is 0.833. The van der Waals surface area contributed by atoms with Gasteiger partial charge in [0.1, 0.15) is 0 Å². The number of rotatable bonds is 5. The highest BCUT2D eigenvalue weighted by Gasteiger charge is 2.55. The molecule has 3 nitrogen and oxygen atoms in total. The van der Waals surface area contributed by atoms with Gasteiger partial charge in [0.2, 0.25) is 0 Å². The number of fused-ring (bicyclic) bond motifs is 2. The third-order valence-electron chi connectivity index (χ3n) is 3.15. The van der Waals surface area contributed by atoms with Crippen molar-refractivity contribution < 1.29 is 14.2 Å². The van der Waals surface area contributed by atoms with E-state index < -0.39 is 5.97 Å². The molecule has 3 aliphatic heterocycles. The molecule has 0 amide bonds. The zero-order valence-electron chi connectivity index (χ0n) is 9.84. The Morgan fingerprint density at radius 1 is 1.33 bits per heavy atom. The Morgan fingerprint density at radius 2 is 2.07 bits per heavy atom. The molecule has 0 aromatic rings. The second kappa shape index (κ2) is 4.05. The van der Waals surface area contributed by atoms with Crippen LogP contribution in [0, 0.1) is 5.92 Å². The van der Waals surface area contributed by atoms with Gasteiger partial charge in [-0.3, -0.25) is 0 Å². The van der Waals surface area contributed by atoms with Gasteiger partial charge in [0.15, 0.2) is 0 Å². The number of hydrogen-bond acceptors (Lipinski definition) is 3. The Kier molecular flexibility index (Phi) is 2.91. The lowest BCUT2D eigenvalue weighted by Crippen LogP contribution is -2.56. The van der Waals surface area contributed by atoms with E-state index in [-0.39, 0.29) is 0 Å².